The molecule has 0 radical (unpaired) electrons. The van der Waals surface area contributed by atoms with Crippen molar-refractivity contribution in [3.8, 4) is 0 Å². The maximum Gasteiger partial charge on any atom is 0.418 e. The van der Waals surface area contributed by atoms with Crippen LogP contribution >= 0.6 is 0 Å². The Hall–Kier alpha value is -3.42. The zero-order chi connectivity index (χ0) is 19.3. The Balaban J connectivity index is 1.73. The van der Waals surface area contributed by atoms with Gasteiger partial charge in [0.05, 0.1) is 23.5 Å². The Morgan fingerprint density at radius 2 is 1.74 bits per heavy atom. The summed E-state index contributed by atoms with van der Waals surface area (Å²) >= 11 is 0. The van der Waals surface area contributed by atoms with Crippen LogP contribution in [0.1, 0.15) is 21.6 Å². The van der Waals surface area contributed by atoms with Gasteiger partial charge < -0.3 is 10.6 Å². The largest absolute Gasteiger partial charge is 0.418 e. The van der Waals surface area contributed by atoms with E-state index >= 15 is 0 Å². The number of alkyl halides is 3. The molecule has 0 spiro atoms. The van der Waals surface area contributed by atoms with Crippen LogP contribution in [0, 0.1) is 0 Å². The summed E-state index contributed by atoms with van der Waals surface area (Å²) in [4.78, 5) is 20.6. The number of benzene rings is 1. The van der Waals surface area contributed by atoms with Crippen molar-refractivity contribution in [3.05, 3.63) is 83.8 Å². The molecule has 0 aliphatic carbocycles. The maximum absolute atomic E-state index is 13.0. The lowest BCUT2D eigenvalue weighted by Gasteiger charge is -2.13. The van der Waals surface area contributed by atoms with Crippen LogP contribution in [0.3, 0.4) is 0 Å². The molecule has 1 amide bonds. The Bertz CT molecular complexity index is 929. The molecule has 0 atom stereocenters. The number of amides is 1. The molecule has 0 fully saturated rings. The van der Waals surface area contributed by atoms with Gasteiger partial charge in [-0.1, -0.05) is 18.2 Å². The van der Waals surface area contributed by atoms with E-state index in [9.17, 15) is 18.0 Å². The van der Waals surface area contributed by atoms with Gasteiger partial charge in [0, 0.05) is 18.0 Å². The van der Waals surface area contributed by atoms with Gasteiger partial charge in [-0.2, -0.15) is 13.2 Å². The molecular formula is C19H15F3N4O. The van der Waals surface area contributed by atoms with Crippen LogP contribution < -0.4 is 10.6 Å². The normalized spacial score (nSPS) is 11.1. The third-order valence-corrected chi connectivity index (χ3v) is 3.68. The molecule has 0 bridgehead atoms. The van der Waals surface area contributed by atoms with Crippen LogP contribution in [0.15, 0.2) is 67.0 Å². The fraction of sp³-hybridized carbons (Fsp3) is 0.105. The highest BCUT2D eigenvalue weighted by molar-refractivity contribution is 6.05. The van der Waals surface area contributed by atoms with Crippen LogP contribution in [-0.4, -0.2) is 15.9 Å². The van der Waals surface area contributed by atoms with Gasteiger partial charge in [0.1, 0.15) is 5.82 Å². The van der Waals surface area contributed by atoms with Crippen LogP contribution in [-0.2, 0) is 12.7 Å². The van der Waals surface area contributed by atoms with Gasteiger partial charge in [-0.05, 0) is 36.4 Å². The lowest BCUT2D eigenvalue weighted by Crippen LogP contribution is -2.17. The lowest BCUT2D eigenvalue weighted by atomic mass is 10.1. The van der Waals surface area contributed by atoms with Crippen molar-refractivity contribution in [2.45, 2.75) is 12.7 Å². The number of halogens is 3. The first-order valence-corrected chi connectivity index (χ1v) is 8.01. The molecule has 1 aromatic carbocycles. The average molecular weight is 372 g/mol. The number of carbonyl (C=O) groups excluding carboxylic acids is 1. The van der Waals surface area contributed by atoms with Gasteiger partial charge in [0.2, 0.25) is 0 Å². The second-order valence-electron chi connectivity index (χ2n) is 5.60. The monoisotopic (exact) mass is 372 g/mol. The third-order valence-electron chi connectivity index (χ3n) is 3.68. The lowest BCUT2D eigenvalue weighted by molar-refractivity contribution is -0.136. The zero-order valence-corrected chi connectivity index (χ0v) is 14.0. The van der Waals surface area contributed by atoms with E-state index in [4.69, 9.17) is 0 Å². The van der Waals surface area contributed by atoms with Crippen LogP contribution in [0.2, 0.25) is 0 Å². The number of nitrogens with zero attached hydrogens (tertiary/aromatic N) is 2. The highest BCUT2D eigenvalue weighted by atomic mass is 19.4. The van der Waals surface area contributed by atoms with Gasteiger partial charge in [-0.3, -0.25) is 9.78 Å². The number of hydrogen-bond acceptors (Lipinski definition) is 4. The Morgan fingerprint density at radius 1 is 0.963 bits per heavy atom. The molecule has 27 heavy (non-hydrogen) atoms. The Kier molecular flexibility index (Phi) is 5.35. The number of anilines is 2. The summed E-state index contributed by atoms with van der Waals surface area (Å²) in [5.74, 6) is -0.243. The average Bonchev–Trinajstić information content (AvgIpc) is 2.67. The predicted molar refractivity (Wildman–Crippen MR) is 95.2 cm³/mol. The van der Waals surface area contributed by atoms with E-state index < -0.39 is 17.6 Å². The Labute approximate surface area is 153 Å². The van der Waals surface area contributed by atoms with E-state index in [1.807, 2.05) is 12.1 Å². The van der Waals surface area contributed by atoms with Crippen molar-refractivity contribution < 1.29 is 18.0 Å². The number of para-hydroxylation sites is 1. The van der Waals surface area contributed by atoms with Crippen LogP contribution in [0.25, 0.3) is 0 Å². The van der Waals surface area contributed by atoms with Gasteiger partial charge in [0.25, 0.3) is 5.91 Å². The van der Waals surface area contributed by atoms with Crippen molar-refractivity contribution in [1.29, 1.82) is 0 Å². The van der Waals surface area contributed by atoms with Crippen molar-refractivity contribution in [2.24, 2.45) is 0 Å². The summed E-state index contributed by atoms with van der Waals surface area (Å²) in [6.07, 6.45) is -1.49. The molecule has 2 N–H and O–H groups in total. The number of nitrogens with one attached hydrogen (secondary N) is 2. The molecule has 0 saturated heterocycles. The van der Waals surface area contributed by atoms with Crippen molar-refractivity contribution >= 4 is 17.4 Å². The smallest absolute Gasteiger partial charge is 0.364 e. The van der Waals surface area contributed by atoms with Gasteiger partial charge in [0.15, 0.2) is 0 Å². The molecule has 0 aliphatic heterocycles. The van der Waals surface area contributed by atoms with Crippen molar-refractivity contribution in [3.63, 3.8) is 0 Å². The first-order valence-electron chi connectivity index (χ1n) is 8.01. The topological polar surface area (TPSA) is 66.9 Å². The SMILES string of the molecule is O=C(Nc1ccccc1C(F)(F)F)c1ccnc(NCc2ccccn2)c1. The molecule has 0 saturated carbocycles. The van der Waals surface area contributed by atoms with E-state index in [0.717, 1.165) is 11.8 Å². The number of pyridine rings is 2. The quantitative estimate of drug-likeness (QED) is 0.698. The molecular weight excluding hydrogens is 357 g/mol. The second-order valence-corrected chi connectivity index (χ2v) is 5.60. The maximum atomic E-state index is 13.0. The fourth-order valence-electron chi connectivity index (χ4n) is 2.39. The summed E-state index contributed by atoms with van der Waals surface area (Å²) in [6, 6.07) is 13.2. The van der Waals surface area contributed by atoms with Crippen LogP contribution in [0.5, 0.6) is 0 Å². The molecule has 2 heterocycles. The minimum atomic E-state index is -4.56. The number of aromatic nitrogens is 2. The highest BCUT2D eigenvalue weighted by Crippen LogP contribution is 2.34. The van der Waals surface area contributed by atoms with E-state index in [2.05, 4.69) is 20.6 Å². The molecule has 0 unspecified atom stereocenters. The zero-order valence-electron chi connectivity index (χ0n) is 14.0. The summed E-state index contributed by atoms with van der Waals surface area (Å²) in [6.45, 7) is 0.399. The standard InChI is InChI=1S/C19H15F3N4O/c20-19(21,22)15-6-1-2-7-16(15)26-18(27)13-8-10-24-17(11-13)25-12-14-5-3-4-9-23-14/h1-11H,12H2,(H,24,25)(H,26,27). The summed E-state index contributed by atoms with van der Waals surface area (Å²) in [5.41, 5.74) is -0.227. The first kappa shape index (κ1) is 18.4. The number of rotatable bonds is 5. The number of hydrogen-bond donors (Lipinski definition) is 2. The minimum Gasteiger partial charge on any atom is -0.364 e. The fourth-order valence-corrected chi connectivity index (χ4v) is 2.39. The molecule has 5 nitrogen and oxygen atoms in total. The molecule has 8 heteroatoms. The van der Waals surface area contributed by atoms with Gasteiger partial charge in [-0.15, -0.1) is 0 Å². The molecule has 138 valence electrons. The second kappa shape index (κ2) is 7.86. The Morgan fingerprint density at radius 3 is 2.48 bits per heavy atom. The summed E-state index contributed by atoms with van der Waals surface area (Å²) in [5, 5.41) is 5.33. The van der Waals surface area contributed by atoms with E-state index in [-0.39, 0.29) is 11.3 Å². The van der Waals surface area contributed by atoms with E-state index in [1.54, 1.807) is 12.3 Å². The van der Waals surface area contributed by atoms with Crippen molar-refractivity contribution in [2.75, 3.05) is 10.6 Å². The molecule has 3 aromatic rings. The number of carbonyl (C=O) groups is 1. The van der Waals surface area contributed by atoms with E-state index in [0.29, 0.717) is 12.4 Å². The van der Waals surface area contributed by atoms with Gasteiger partial charge >= 0.3 is 6.18 Å². The summed E-state index contributed by atoms with van der Waals surface area (Å²) in [7, 11) is 0. The summed E-state index contributed by atoms with van der Waals surface area (Å²) < 4.78 is 39.1. The van der Waals surface area contributed by atoms with E-state index in [1.165, 1.54) is 36.5 Å². The molecule has 0 aliphatic rings. The minimum absolute atomic E-state index is 0.186. The van der Waals surface area contributed by atoms with Gasteiger partial charge in [-0.25, -0.2) is 4.98 Å². The third kappa shape index (κ3) is 4.81. The first-order chi connectivity index (χ1) is 12.9. The molecule has 3 rings (SSSR count). The highest BCUT2D eigenvalue weighted by Gasteiger charge is 2.33. The van der Waals surface area contributed by atoms with Crippen molar-refractivity contribution in [1.82, 2.24) is 9.97 Å². The predicted octanol–water partition coefficient (Wildman–Crippen LogP) is 4.36. The molecule has 2 aromatic heterocycles. The van der Waals surface area contributed by atoms with Crippen LogP contribution in [0.4, 0.5) is 24.7 Å².